The van der Waals surface area contributed by atoms with Crippen molar-refractivity contribution in [3.05, 3.63) is 30.3 Å². The standard InChI is InChI=1S/C12H18ClNS/c13-8-4-5-9-14-10-11-15-12-6-2-1-3-7-12/h1-3,6-7,14H,4-5,8-11H2. The van der Waals surface area contributed by atoms with E-state index in [0.29, 0.717) is 0 Å². The molecule has 0 spiro atoms. The van der Waals surface area contributed by atoms with E-state index in [2.05, 4.69) is 35.6 Å². The average Bonchev–Trinajstić information content (AvgIpc) is 2.29. The van der Waals surface area contributed by atoms with Crippen LogP contribution in [0.5, 0.6) is 0 Å². The predicted molar refractivity (Wildman–Crippen MR) is 70.0 cm³/mol. The highest BCUT2D eigenvalue weighted by molar-refractivity contribution is 7.99. The van der Waals surface area contributed by atoms with Crippen molar-refractivity contribution in [1.29, 1.82) is 0 Å². The van der Waals surface area contributed by atoms with Gasteiger partial charge >= 0.3 is 0 Å². The van der Waals surface area contributed by atoms with Crippen LogP contribution in [-0.2, 0) is 0 Å². The summed E-state index contributed by atoms with van der Waals surface area (Å²) in [6.07, 6.45) is 2.29. The topological polar surface area (TPSA) is 12.0 Å². The van der Waals surface area contributed by atoms with E-state index in [9.17, 15) is 0 Å². The Bertz CT molecular complexity index is 241. The number of halogens is 1. The van der Waals surface area contributed by atoms with Crippen molar-refractivity contribution in [3.8, 4) is 0 Å². The van der Waals surface area contributed by atoms with Crippen LogP contribution in [0.4, 0.5) is 0 Å². The lowest BCUT2D eigenvalue weighted by molar-refractivity contribution is 0.668. The predicted octanol–water partition coefficient (Wildman–Crippen LogP) is 3.39. The summed E-state index contributed by atoms with van der Waals surface area (Å²) in [5.41, 5.74) is 0. The van der Waals surface area contributed by atoms with Crippen LogP contribution in [0.1, 0.15) is 12.8 Å². The Labute approximate surface area is 102 Å². The number of nitrogens with one attached hydrogen (secondary N) is 1. The zero-order valence-corrected chi connectivity index (χ0v) is 10.5. The number of rotatable bonds is 8. The highest BCUT2D eigenvalue weighted by Gasteiger charge is 1.92. The lowest BCUT2D eigenvalue weighted by Crippen LogP contribution is -2.18. The van der Waals surface area contributed by atoms with Gasteiger partial charge in [0.15, 0.2) is 0 Å². The summed E-state index contributed by atoms with van der Waals surface area (Å²) in [6, 6.07) is 10.5. The summed E-state index contributed by atoms with van der Waals surface area (Å²) in [4.78, 5) is 1.35. The zero-order valence-electron chi connectivity index (χ0n) is 8.92. The molecular weight excluding hydrogens is 226 g/mol. The van der Waals surface area contributed by atoms with E-state index < -0.39 is 0 Å². The van der Waals surface area contributed by atoms with Gasteiger partial charge in [0.05, 0.1) is 0 Å². The normalized spacial score (nSPS) is 10.5. The maximum absolute atomic E-state index is 5.59. The van der Waals surface area contributed by atoms with E-state index in [1.807, 2.05) is 11.8 Å². The fourth-order valence-electron chi connectivity index (χ4n) is 1.23. The van der Waals surface area contributed by atoms with Crippen LogP contribution in [0.25, 0.3) is 0 Å². The minimum Gasteiger partial charge on any atom is -0.316 e. The number of benzene rings is 1. The molecule has 1 aromatic carbocycles. The Balaban J connectivity index is 1.93. The molecule has 0 bridgehead atoms. The summed E-state index contributed by atoms with van der Waals surface area (Å²) < 4.78 is 0. The Morgan fingerprint density at radius 3 is 2.60 bits per heavy atom. The molecule has 0 fully saturated rings. The molecule has 1 aromatic rings. The molecule has 0 aliphatic heterocycles. The molecule has 84 valence electrons. The molecule has 0 aromatic heterocycles. The quantitative estimate of drug-likeness (QED) is 0.427. The molecule has 15 heavy (non-hydrogen) atoms. The third-order valence-electron chi connectivity index (χ3n) is 2.03. The third kappa shape index (κ3) is 6.82. The largest absolute Gasteiger partial charge is 0.316 e. The smallest absolute Gasteiger partial charge is 0.0223 e. The minimum absolute atomic E-state index is 0.778. The van der Waals surface area contributed by atoms with Gasteiger partial charge in [0.1, 0.15) is 0 Å². The summed E-state index contributed by atoms with van der Waals surface area (Å²) in [7, 11) is 0. The van der Waals surface area contributed by atoms with Crippen LogP contribution in [-0.4, -0.2) is 24.7 Å². The van der Waals surface area contributed by atoms with Crippen molar-refractivity contribution in [3.63, 3.8) is 0 Å². The van der Waals surface area contributed by atoms with Crippen molar-refractivity contribution in [2.45, 2.75) is 17.7 Å². The molecule has 0 saturated carbocycles. The van der Waals surface area contributed by atoms with E-state index >= 15 is 0 Å². The van der Waals surface area contributed by atoms with E-state index in [4.69, 9.17) is 11.6 Å². The van der Waals surface area contributed by atoms with E-state index in [-0.39, 0.29) is 0 Å². The average molecular weight is 244 g/mol. The van der Waals surface area contributed by atoms with Crippen LogP contribution >= 0.6 is 23.4 Å². The number of hydrogen-bond acceptors (Lipinski definition) is 2. The van der Waals surface area contributed by atoms with Gasteiger partial charge in [0.2, 0.25) is 0 Å². The molecule has 0 aliphatic rings. The summed E-state index contributed by atoms with van der Waals surface area (Å²) >= 11 is 7.49. The second-order valence-electron chi connectivity index (χ2n) is 3.31. The van der Waals surface area contributed by atoms with Crippen LogP contribution in [0.3, 0.4) is 0 Å². The van der Waals surface area contributed by atoms with Crippen molar-refractivity contribution in [2.24, 2.45) is 0 Å². The molecule has 0 amide bonds. The number of hydrogen-bond donors (Lipinski definition) is 1. The van der Waals surface area contributed by atoms with Gasteiger partial charge in [-0.2, -0.15) is 0 Å². The van der Waals surface area contributed by atoms with Gasteiger partial charge in [-0.05, 0) is 31.5 Å². The first-order valence-corrected chi connectivity index (χ1v) is 6.90. The molecule has 3 heteroatoms. The SMILES string of the molecule is ClCCCCNCCSc1ccccc1. The van der Waals surface area contributed by atoms with Crippen molar-refractivity contribution < 1.29 is 0 Å². The molecular formula is C12H18ClNS. The van der Waals surface area contributed by atoms with Crippen LogP contribution in [0.15, 0.2) is 35.2 Å². The van der Waals surface area contributed by atoms with Gasteiger partial charge in [-0.15, -0.1) is 23.4 Å². The van der Waals surface area contributed by atoms with Crippen molar-refractivity contribution >= 4 is 23.4 Å². The Hall–Kier alpha value is -0.180. The molecule has 0 heterocycles. The van der Waals surface area contributed by atoms with Gasteiger partial charge in [-0.3, -0.25) is 0 Å². The van der Waals surface area contributed by atoms with Crippen LogP contribution in [0, 0.1) is 0 Å². The van der Waals surface area contributed by atoms with E-state index in [0.717, 1.165) is 31.1 Å². The Morgan fingerprint density at radius 1 is 1.07 bits per heavy atom. The number of unbranched alkanes of at least 4 members (excludes halogenated alkanes) is 1. The van der Waals surface area contributed by atoms with Gasteiger partial charge in [-0.1, -0.05) is 18.2 Å². The minimum atomic E-state index is 0.778. The molecule has 0 radical (unpaired) electrons. The first kappa shape index (κ1) is 12.9. The van der Waals surface area contributed by atoms with Gasteiger partial charge in [-0.25, -0.2) is 0 Å². The second kappa shape index (κ2) is 9.08. The molecule has 0 atom stereocenters. The molecule has 1 rings (SSSR count). The maximum atomic E-state index is 5.59. The monoisotopic (exact) mass is 243 g/mol. The second-order valence-corrected chi connectivity index (χ2v) is 4.85. The maximum Gasteiger partial charge on any atom is 0.0223 e. The Kier molecular flexibility index (Phi) is 7.80. The fraction of sp³-hybridized carbons (Fsp3) is 0.500. The van der Waals surface area contributed by atoms with E-state index in [1.165, 1.54) is 11.3 Å². The van der Waals surface area contributed by atoms with Crippen LogP contribution in [0.2, 0.25) is 0 Å². The van der Waals surface area contributed by atoms with Gasteiger partial charge in [0.25, 0.3) is 0 Å². The van der Waals surface area contributed by atoms with Crippen molar-refractivity contribution in [2.75, 3.05) is 24.7 Å². The first-order chi connectivity index (χ1) is 7.43. The third-order valence-corrected chi connectivity index (χ3v) is 3.31. The van der Waals surface area contributed by atoms with Gasteiger partial charge < -0.3 is 5.32 Å². The molecule has 1 nitrogen and oxygen atoms in total. The number of alkyl halides is 1. The Morgan fingerprint density at radius 2 is 1.87 bits per heavy atom. The lowest BCUT2D eigenvalue weighted by atomic mass is 10.3. The summed E-state index contributed by atoms with van der Waals surface area (Å²) in [5.74, 6) is 1.91. The van der Waals surface area contributed by atoms with E-state index in [1.54, 1.807) is 0 Å². The number of thioether (sulfide) groups is 1. The molecule has 0 unspecified atom stereocenters. The molecule has 0 aliphatic carbocycles. The van der Waals surface area contributed by atoms with Gasteiger partial charge in [0, 0.05) is 23.1 Å². The fourth-order valence-corrected chi connectivity index (χ4v) is 2.25. The molecule has 0 saturated heterocycles. The summed E-state index contributed by atoms with van der Waals surface area (Å²) in [6.45, 7) is 2.16. The highest BCUT2D eigenvalue weighted by atomic mass is 35.5. The van der Waals surface area contributed by atoms with Crippen molar-refractivity contribution in [1.82, 2.24) is 5.32 Å². The van der Waals surface area contributed by atoms with Crippen LogP contribution < -0.4 is 5.32 Å². The summed E-state index contributed by atoms with van der Waals surface area (Å²) in [5, 5.41) is 3.41. The first-order valence-electron chi connectivity index (χ1n) is 5.38. The highest BCUT2D eigenvalue weighted by Crippen LogP contribution is 2.15. The lowest BCUT2D eigenvalue weighted by Gasteiger charge is -2.03. The molecule has 1 N–H and O–H groups in total. The zero-order chi connectivity index (χ0) is 10.8.